The molecule has 0 aliphatic carbocycles. The van der Waals surface area contributed by atoms with Crippen molar-refractivity contribution in [1.82, 2.24) is 21.3 Å². The third kappa shape index (κ3) is 67.3. The second-order valence-corrected chi connectivity index (χ2v) is 34.4. The number of phosphoric ester groups is 2. The number of nitrogens with one attached hydrogen (secondary N) is 4. The number of rotatable bonds is 84. The summed E-state index contributed by atoms with van der Waals surface area (Å²) in [4.78, 5) is 103. The fourth-order valence-electron chi connectivity index (χ4n) is 13.4. The second kappa shape index (κ2) is 76.7. The van der Waals surface area contributed by atoms with Gasteiger partial charge in [0.1, 0.15) is 12.2 Å². The van der Waals surface area contributed by atoms with Crippen LogP contribution in [-0.2, 0) is 65.4 Å². The number of aliphatic hydroxyl groups excluding tert-OH is 2. The van der Waals surface area contributed by atoms with Gasteiger partial charge in [-0.05, 0) is 115 Å². The van der Waals surface area contributed by atoms with E-state index >= 15 is 0 Å². The Hall–Kier alpha value is -4.42. The zero-order valence-corrected chi connectivity index (χ0v) is 74.9. The van der Waals surface area contributed by atoms with Crippen molar-refractivity contribution in [2.24, 2.45) is 0 Å². The molecule has 0 bridgehead atoms. The largest absolute Gasteiger partial charge is 0.472 e. The van der Waals surface area contributed by atoms with Crippen molar-refractivity contribution in [3.63, 3.8) is 0 Å². The van der Waals surface area contributed by atoms with Crippen LogP contribution in [0.25, 0.3) is 0 Å². The van der Waals surface area contributed by atoms with Gasteiger partial charge in [0.2, 0.25) is 11.8 Å². The average molecular weight is 1680 g/mol. The predicted molar refractivity (Wildman–Crippen MR) is 464 cm³/mol. The highest BCUT2D eigenvalue weighted by Crippen LogP contribution is 2.44. The van der Waals surface area contributed by atoms with Gasteiger partial charge in [0.05, 0.1) is 87.9 Å². The zero-order chi connectivity index (χ0) is 85.1. The van der Waals surface area contributed by atoms with Crippen LogP contribution in [0.5, 0.6) is 0 Å². The molecular formula is C90H164N4O20P2. The summed E-state index contributed by atoms with van der Waals surface area (Å²) in [5.41, 5.74) is -0.145. The molecule has 8 atom stereocenters. The summed E-state index contributed by atoms with van der Waals surface area (Å²) in [7, 11) is -9.70. The molecule has 0 aliphatic rings. The van der Waals surface area contributed by atoms with Crippen LogP contribution in [0.3, 0.4) is 0 Å². The highest BCUT2D eigenvalue weighted by molar-refractivity contribution is 7.47. The third-order valence-corrected chi connectivity index (χ3v) is 22.4. The minimum absolute atomic E-state index is 0.0723. The lowest BCUT2D eigenvalue weighted by molar-refractivity contribution is -0.152. The number of esters is 2. The lowest BCUT2D eigenvalue weighted by atomic mass is 10.0. The van der Waals surface area contributed by atoms with Crippen LogP contribution >= 0.6 is 15.6 Å². The Morgan fingerprint density at radius 1 is 0.362 bits per heavy atom. The van der Waals surface area contributed by atoms with E-state index in [4.69, 9.17) is 37.0 Å². The number of hydrogen-bond donors (Lipinski definition) is 8. The first-order valence-electron chi connectivity index (χ1n) is 45.9. The molecule has 1 aromatic rings. The van der Waals surface area contributed by atoms with Crippen molar-refractivity contribution in [3.05, 3.63) is 59.7 Å². The average Bonchev–Trinajstić information content (AvgIpc) is 0.839. The molecular weight excluding hydrogens is 1520 g/mol. The molecule has 1 aromatic carbocycles. The quantitative estimate of drug-likeness (QED) is 0.0130. The van der Waals surface area contributed by atoms with E-state index in [1.165, 1.54) is 127 Å². The Morgan fingerprint density at radius 3 is 0.983 bits per heavy atom. The summed E-state index contributed by atoms with van der Waals surface area (Å²) in [6.45, 7) is 10.3. The SMILES string of the molecule is CCCCCC/C=C/CCCC(=O)OC(CCCCCCCCCCC)CC(=O)NC(COCC[C@H](O)CCCCCCC)COP(=O)(O)OCCNC(=O)c1ccccc1C(=O)NCCOP(=O)(O)OCC(COCC[C@H](O)CCCCCCC)NC(=O)CC(CCCCCCCCCCC)OC(=O)CCC/C=C/CCCCCC. The van der Waals surface area contributed by atoms with Crippen LogP contribution in [0.2, 0.25) is 0 Å². The van der Waals surface area contributed by atoms with Crippen LogP contribution in [0, 0.1) is 0 Å². The van der Waals surface area contributed by atoms with E-state index in [9.17, 15) is 57.9 Å². The number of carbonyl (C=O) groups is 6. The van der Waals surface area contributed by atoms with Crippen molar-refractivity contribution >= 4 is 51.2 Å². The van der Waals surface area contributed by atoms with Gasteiger partial charge in [-0.25, -0.2) is 9.13 Å². The molecule has 0 fully saturated rings. The van der Waals surface area contributed by atoms with Gasteiger partial charge in [0.25, 0.3) is 11.8 Å². The molecule has 0 radical (unpaired) electrons. The predicted octanol–water partition coefficient (Wildman–Crippen LogP) is 20.5. The zero-order valence-electron chi connectivity index (χ0n) is 73.1. The first-order chi connectivity index (χ1) is 56.2. The maximum Gasteiger partial charge on any atom is 0.472 e. The Bertz CT molecular complexity index is 2570. The summed E-state index contributed by atoms with van der Waals surface area (Å²) < 4.78 is 71.9. The Kier molecular flexibility index (Phi) is 72.5. The molecule has 0 aromatic heterocycles. The van der Waals surface area contributed by atoms with Crippen LogP contribution in [0.4, 0.5) is 0 Å². The van der Waals surface area contributed by atoms with Crippen LogP contribution in [-0.4, -0.2) is 158 Å². The summed E-state index contributed by atoms with van der Waals surface area (Å²) >= 11 is 0. The number of hydrogen-bond acceptors (Lipinski definition) is 18. The van der Waals surface area contributed by atoms with Crippen molar-refractivity contribution < 1.29 is 94.9 Å². The van der Waals surface area contributed by atoms with E-state index in [0.717, 1.165) is 154 Å². The van der Waals surface area contributed by atoms with Crippen molar-refractivity contribution in [1.29, 1.82) is 0 Å². The number of carbonyl (C=O) groups excluding carboxylic acids is 6. The molecule has 0 heterocycles. The topological polar surface area (TPSA) is 339 Å². The number of phosphoric acid groups is 2. The fourth-order valence-corrected chi connectivity index (χ4v) is 14.9. The second-order valence-electron chi connectivity index (χ2n) is 31.5. The first kappa shape index (κ1) is 110. The van der Waals surface area contributed by atoms with E-state index in [1.54, 1.807) is 0 Å². The Morgan fingerprint density at radius 2 is 0.655 bits per heavy atom. The van der Waals surface area contributed by atoms with E-state index in [1.807, 2.05) is 0 Å². The van der Waals surface area contributed by atoms with Crippen LogP contribution < -0.4 is 21.3 Å². The third-order valence-electron chi connectivity index (χ3n) is 20.4. The smallest absolute Gasteiger partial charge is 0.462 e. The number of benzene rings is 1. The summed E-state index contributed by atoms with van der Waals surface area (Å²) in [5, 5.41) is 32.2. The molecule has 0 saturated carbocycles. The monoisotopic (exact) mass is 1680 g/mol. The molecule has 0 spiro atoms. The van der Waals surface area contributed by atoms with E-state index in [-0.39, 0.29) is 88.3 Å². The van der Waals surface area contributed by atoms with E-state index in [0.29, 0.717) is 51.4 Å². The standard InChI is InChI=1S/C90H164N4O20P2/c1-7-13-19-25-29-33-37-43-49-57-81(113-87(99)61-51-45-39-35-31-27-21-15-9-3)71-85(97)93-77(73-107-67-63-79(95)55-47-41-23-17-11-5)75-111-115(103,104)109-69-65-91-89(101)83-59-53-54-60-84(83)90(102)92-66-70-110-116(105,106)112-76-78(74-108-68-64-80(96)56-48-42-24-18-12-6)94-86(98)72-82(58-50-44-38-34-30-26-20-14-8-2)114-88(100)62-52-46-40-36-32-28-22-16-10-4/h35-36,39-40,53-54,59-60,77-82,95-96H,7-34,37-38,41-52,55-58,61-76H2,1-6H3,(H,91,101)(H,92,102)(H,93,97)(H,94,98)(H,103,104)(H,105,106)/b39-35+,40-36+/t77?,78?,79-,80-,81?,82?/m1/s1. The molecule has 24 nitrogen and oxygen atoms in total. The van der Waals surface area contributed by atoms with Gasteiger partial charge in [-0.15, -0.1) is 0 Å². The summed E-state index contributed by atoms with van der Waals surface area (Å²) in [6.07, 6.45) is 53.5. The number of amides is 4. The summed E-state index contributed by atoms with van der Waals surface area (Å²) in [5.74, 6) is -3.19. The number of ether oxygens (including phenoxy) is 4. The number of aliphatic hydroxyl groups is 2. The lowest BCUT2D eigenvalue weighted by Gasteiger charge is -2.23. The van der Waals surface area contributed by atoms with Crippen molar-refractivity contribution in [2.75, 3.05) is 65.9 Å². The number of unbranched alkanes of at least 4 members (excludes halogenated alkanes) is 34. The minimum atomic E-state index is -4.85. The van der Waals surface area contributed by atoms with Gasteiger partial charge in [-0.1, -0.05) is 283 Å². The Labute approximate surface area is 701 Å². The molecule has 6 unspecified atom stereocenters. The van der Waals surface area contributed by atoms with Gasteiger partial charge in [0.15, 0.2) is 0 Å². The maximum absolute atomic E-state index is 13.9. The molecule has 0 aliphatic heterocycles. The van der Waals surface area contributed by atoms with E-state index < -0.39 is 102 Å². The molecule has 116 heavy (non-hydrogen) atoms. The van der Waals surface area contributed by atoms with Crippen LogP contribution in [0.15, 0.2) is 48.6 Å². The van der Waals surface area contributed by atoms with Gasteiger partial charge < -0.3 is 60.2 Å². The highest BCUT2D eigenvalue weighted by atomic mass is 31.2. The fraction of sp³-hybridized carbons (Fsp3) is 0.822. The van der Waals surface area contributed by atoms with Crippen molar-refractivity contribution in [3.8, 4) is 0 Å². The Balaban J connectivity index is 3.10. The van der Waals surface area contributed by atoms with E-state index in [2.05, 4.69) is 87.1 Å². The van der Waals surface area contributed by atoms with Gasteiger partial charge >= 0.3 is 27.6 Å². The van der Waals surface area contributed by atoms with Gasteiger partial charge in [-0.2, -0.15) is 0 Å². The molecule has 0 saturated heterocycles. The van der Waals surface area contributed by atoms with Crippen LogP contribution in [0.1, 0.15) is 396 Å². The summed E-state index contributed by atoms with van der Waals surface area (Å²) in [6, 6.07) is 3.91. The lowest BCUT2D eigenvalue weighted by Crippen LogP contribution is -2.43. The molecule has 1 rings (SSSR count). The first-order valence-corrected chi connectivity index (χ1v) is 48.9. The number of allylic oxidation sites excluding steroid dienone is 4. The maximum atomic E-state index is 13.9. The molecule has 26 heteroatoms. The minimum Gasteiger partial charge on any atom is -0.462 e. The van der Waals surface area contributed by atoms with Crippen molar-refractivity contribution in [2.45, 2.75) is 412 Å². The van der Waals surface area contributed by atoms with Gasteiger partial charge in [0, 0.05) is 39.1 Å². The normalized spacial score (nSPS) is 14.4. The molecule has 4 amide bonds. The van der Waals surface area contributed by atoms with Gasteiger partial charge in [-0.3, -0.25) is 46.9 Å². The molecule has 8 N–H and O–H groups in total. The molecule has 674 valence electrons. The highest BCUT2D eigenvalue weighted by Gasteiger charge is 2.29.